The van der Waals surface area contributed by atoms with Crippen LogP contribution in [-0.4, -0.2) is 27.5 Å². The highest BCUT2D eigenvalue weighted by atomic mass is 35.5. The molecule has 0 bridgehead atoms. The normalized spacial score (nSPS) is 22.0. The number of Topliss-reactive ketones (excluding diaryl/α,β-unsaturated/α-hetero) is 1. The highest BCUT2D eigenvalue weighted by molar-refractivity contribution is 8.00. The molecule has 3 nitrogen and oxygen atoms in total. The van der Waals surface area contributed by atoms with Crippen LogP contribution in [0.4, 0.5) is 5.69 Å². The summed E-state index contributed by atoms with van der Waals surface area (Å²) in [7, 11) is 0. The van der Waals surface area contributed by atoms with Crippen LogP contribution in [0.15, 0.2) is 30.3 Å². The van der Waals surface area contributed by atoms with Gasteiger partial charge in [-0.05, 0) is 53.3 Å². The van der Waals surface area contributed by atoms with Crippen LogP contribution in [-0.2, 0) is 4.79 Å². The van der Waals surface area contributed by atoms with Crippen LogP contribution in [0, 0.1) is 11.8 Å². The molecule has 10 heteroatoms. The van der Waals surface area contributed by atoms with E-state index in [1.54, 1.807) is 30.3 Å². The van der Waals surface area contributed by atoms with E-state index >= 15 is 0 Å². The first kappa shape index (κ1) is 23.8. The van der Waals surface area contributed by atoms with Crippen LogP contribution >= 0.6 is 81.4 Å². The Morgan fingerprint density at radius 3 is 2.23 bits per heavy atom. The number of rotatable bonds is 6. The molecular weight excluding hydrogens is 543 g/mol. The Morgan fingerprint density at radius 2 is 1.65 bits per heavy atom. The molecule has 0 aromatic heterocycles. The molecule has 2 atom stereocenters. The number of anilines is 1. The second-order valence-electron chi connectivity index (χ2n) is 7.64. The SMILES string of the molecule is O=C(CC1CSC1)c1cc(NC(=O)C2C(c3cc(Cl)c(Cl)c(Cl)c3)C2(Cl)Cl)ccc1Cl. The summed E-state index contributed by atoms with van der Waals surface area (Å²) in [6, 6.07) is 8.02. The fraction of sp³-hybridized carbons (Fsp3) is 0.333. The minimum absolute atomic E-state index is 0.0369. The predicted molar refractivity (Wildman–Crippen MR) is 132 cm³/mol. The number of nitrogens with one attached hydrogen (secondary N) is 1. The second kappa shape index (κ2) is 9.13. The van der Waals surface area contributed by atoms with Crippen molar-refractivity contribution in [2.45, 2.75) is 16.7 Å². The number of alkyl halides is 2. The van der Waals surface area contributed by atoms with E-state index in [0.29, 0.717) is 34.2 Å². The van der Waals surface area contributed by atoms with Gasteiger partial charge in [0.25, 0.3) is 0 Å². The molecule has 1 heterocycles. The van der Waals surface area contributed by atoms with E-state index in [2.05, 4.69) is 5.32 Å². The van der Waals surface area contributed by atoms with E-state index in [4.69, 9.17) is 69.6 Å². The lowest BCUT2D eigenvalue weighted by Crippen LogP contribution is -2.22. The number of carbonyl (C=O) groups is 2. The van der Waals surface area contributed by atoms with E-state index < -0.39 is 16.2 Å². The van der Waals surface area contributed by atoms with Crippen LogP contribution < -0.4 is 5.32 Å². The zero-order valence-electron chi connectivity index (χ0n) is 15.7. The highest BCUT2D eigenvalue weighted by Crippen LogP contribution is 2.65. The van der Waals surface area contributed by atoms with Gasteiger partial charge in [0.1, 0.15) is 4.33 Å². The Balaban J connectivity index is 1.50. The Morgan fingerprint density at radius 1 is 1.00 bits per heavy atom. The molecule has 2 aromatic rings. The monoisotopic (exact) mass is 555 g/mol. The zero-order valence-corrected chi connectivity index (χ0v) is 21.1. The van der Waals surface area contributed by atoms with Gasteiger partial charge in [-0.25, -0.2) is 0 Å². The van der Waals surface area contributed by atoms with Crippen molar-refractivity contribution in [3.63, 3.8) is 0 Å². The zero-order chi connectivity index (χ0) is 22.5. The second-order valence-corrected chi connectivity index (χ2v) is 11.8. The maximum absolute atomic E-state index is 12.9. The molecule has 2 fully saturated rings. The first-order valence-corrected chi connectivity index (χ1v) is 12.8. The van der Waals surface area contributed by atoms with Gasteiger partial charge in [0, 0.05) is 23.6 Å². The van der Waals surface area contributed by atoms with Crippen molar-refractivity contribution in [1.82, 2.24) is 0 Å². The summed E-state index contributed by atoms with van der Waals surface area (Å²) >= 11 is 39.1. The summed E-state index contributed by atoms with van der Waals surface area (Å²) < 4.78 is -1.32. The quantitative estimate of drug-likeness (QED) is 0.224. The van der Waals surface area contributed by atoms with Crippen molar-refractivity contribution in [2.24, 2.45) is 11.8 Å². The average molecular weight is 558 g/mol. The fourth-order valence-electron chi connectivity index (χ4n) is 3.63. The molecule has 1 amide bonds. The first-order chi connectivity index (χ1) is 14.6. The van der Waals surface area contributed by atoms with Crippen molar-refractivity contribution in [3.05, 3.63) is 61.5 Å². The van der Waals surface area contributed by atoms with Crippen LogP contribution in [0.2, 0.25) is 20.1 Å². The smallest absolute Gasteiger partial charge is 0.231 e. The lowest BCUT2D eigenvalue weighted by atomic mass is 10.00. The molecule has 2 aromatic carbocycles. The third-order valence-corrected chi connectivity index (χ3v) is 9.30. The highest BCUT2D eigenvalue weighted by Gasteiger charge is 2.67. The topological polar surface area (TPSA) is 46.2 Å². The molecule has 0 spiro atoms. The maximum Gasteiger partial charge on any atom is 0.231 e. The number of thioether (sulfide) groups is 1. The molecule has 1 saturated carbocycles. The summed E-state index contributed by atoms with van der Waals surface area (Å²) in [5.74, 6) is 0.687. The molecule has 2 aliphatic rings. The number of hydrogen-bond acceptors (Lipinski definition) is 3. The van der Waals surface area contributed by atoms with Crippen molar-refractivity contribution in [3.8, 4) is 0 Å². The van der Waals surface area contributed by atoms with Crippen LogP contribution in [0.1, 0.15) is 28.3 Å². The lowest BCUT2D eigenvalue weighted by molar-refractivity contribution is -0.117. The molecule has 1 saturated heterocycles. The molecule has 0 radical (unpaired) electrons. The number of halogens is 6. The molecule has 164 valence electrons. The van der Waals surface area contributed by atoms with Gasteiger partial charge in [0.15, 0.2) is 5.78 Å². The summed E-state index contributed by atoms with van der Waals surface area (Å²) in [6.07, 6.45) is 0.444. The number of amides is 1. The van der Waals surface area contributed by atoms with Crippen molar-refractivity contribution in [1.29, 1.82) is 0 Å². The number of carbonyl (C=O) groups excluding carboxylic acids is 2. The van der Waals surface area contributed by atoms with E-state index in [1.807, 2.05) is 11.8 Å². The van der Waals surface area contributed by atoms with Gasteiger partial charge in [0.05, 0.1) is 26.0 Å². The Labute approximate surface area is 214 Å². The number of ketones is 1. The summed E-state index contributed by atoms with van der Waals surface area (Å²) in [5.41, 5.74) is 1.46. The van der Waals surface area contributed by atoms with Crippen molar-refractivity contribution < 1.29 is 9.59 Å². The van der Waals surface area contributed by atoms with Gasteiger partial charge in [-0.1, -0.05) is 46.4 Å². The van der Waals surface area contributed by atoms with E-state index in [9.17, 15) is 9.59 Å². The minimum Gasteiger partial charge on any atom is -0.326 e. The van der Waals surface area contributed by atoms with Gasteiger partial charge in [0.2, 0.25) is 5.91 Å². The molecular formula is C21H15Cl6NO2S. The molecule has 2 unspecified atom stereocenters. The molecule has 1 aliphatic heterocycles. The molecule has 1 aliphatic carbocycles. The van der Waals surface area contributed by atoms with Crippen LogP contribution in [0.5, 0.6) is 0 Å². The summed E-state index contributed by atoms with van der Waals surface area (Å²) in [5, 5.41) is 3.88. The summed E-state index contributed by atoms with van der Waals surface area (Å²) in [4.78, 5) is 25.5. The van der Waals surface area contributed by atoms with Crippen LogP contribution in [0.25, 0.3) is 0 Å². The third kappa shape index (κ3) is 4.82. The predicted octanol–water partition coefficient (Wildman–Crippen LogP) is 7.76. The van der Waals surface area contributed by atoms with Gasteiger partial charge in [-0.15, -0.1) is 23.2 Å². The maximum atomic E-state index is 12.9. The van der Waals surface area contributed by atoms with Crippen molar-refractivity contribution >= 4 is 98.7 Å². The van der Waals surface area contributed by atoms with E-state index in [-0.39, 0.29) is 26.8 Å². The Kier molecular flexibility index (Phi) is 7.02. The lowest BCUT2D eigenvalue weighted by Gasteiger charge is -2.24. The molecule has 31 heavy (non-hydrogen) atoms. The van der Waals surface area contributed by atoms with Gasteiger partial charge >= 0.3 is 0 Å². The van der Waals surface area contributed by atoms with Gasteiger partial charge in [-0.3, -0.25) is 9.59 Å². The number of benzene rings is 2. The van der Waals surface area contributed by atoms with Crippen molar-refractivity contribution in [2.75, 3.05) is 16.8 Å². The third-order valence-electron chi connectivity index (χ3n) is 5.42. The number of hydrogen-bond donors (Lipinski definition) is 1. The first-order valence-electron chi connectivity index (χ1n) is 9.33. The largest absolute Gasteiger partial charge is 0.326 e. The standard InChI is InChI=1S/C21H15Cl6NO2S/c22-13-2-1-11(6-12(13)16(29)3-9-7-31-8-9)28-20(30)18-17(21(18,26)27)10-4-14(23)19(25)15(24)5-10/h1-2,4-6,9,17-18H,3,7-8H2,(H,28,30). The minimum atomic E-state index is -1.32. The van der Waals surface area contributed by atoms with Crippen LogP contribution in [0.3, 0.4) is 0 Å². The fourth-order valence-corrected chi connectivity index (χ4v) is 6.10. The van der Waals surface area contributed by atoms with Gasteiger partial charge < -0.3 is 5.32 Å². The summed E-state index contributed by atoms with van der Waals surface area (Å²) in [6.45, 7) is 0. The molecule has 4 rings (SSSR count). The Bertz CT molecular complexity index is 1050. The van der Waals surface area contributed by atoms with E-state index in [1.165, 1.54) is 0 Å². The van der Waals surface area contributed by atoms with Gasteiger partial charge in [-0.2, -0.15) is 11.8 Å². The van der Waals surface area contributed by atoms with E-state index in [0.717, 1.165) is 11.5 Å². The molecule has 1 N–H and O–H groups in total. The Hall–Kier alpha value is -0.330. The average Bonchev–Trinajstić information content (AvgIpc) is 3.26.